The first kappa shape index (κ1) is 29.9. The fraction of sp³-hybridized carbons (Fsp3) is 0.639. The smallest absolute Gasteiger partial charge is 0.191 e. The molecule has 0 aliphatic heterocycles. The van der Waals surface area contributed by atoms with Crippen molar-refractivity contribution in [2.75, 3.05) is 20.2 Å². The summed E-state index contributed by atoms with van der Waals surface area (Å²) in [6.07, 6.45) is 6.15. The van der Waals surface area contributed by atoms with Crippen LogP contribution >= 0.6 is 0 Å². The first-order valence-corrected chi connectivity index (χ1v) is 16.7. The number of para-hydroxylation sites is 1. The molecule has 0 amide bonds. The lowest BCUT2D eigenvalue weighted by molar-refractivity contribution is -0.135. The van der Waals surface area contributed by atoms with E-state index in [2.05, 4.69) is 56.7 Å². The molecule has 7 rings (SSSR count). The maximum atomic E-state index is 12.8. The summed E-state index contributed by atoms with van der Waals surface area (Å²) in [5, 5.41) is 54.2. The lowest BCUT2D eigenvalue weighted by Gasteiger charge is -2.57. The van der Waals surface area contributed by atoms with Crippen LogP contribution in [0.5, 0.6) is 0 Å². The number of guanidine groups is 1. The molecule has 7 N–H and O–H groups in total. The van der Waals surface area contributed by atoms with Gasteiger partial charge in [-0.15, -0.1) is 5.92 Å². The Morgan fingerprint density at radius 3 is 2.73 bits per heavy atom. The van der Waals surface area contributed by atoms with Crippen LogP contribution in [0, 0.1) is 46.8 Å². The van der Waals surface area contributed by atoms with Crippen molar-refractivity contribution in [1.29, 1.82) is 0 Å². The van der Waals surface area contributed by atoms with Gasteiger partial charge in [0.2, 0.25) is 0 Å². The lowest BCUT2D eigenvalue weighted by atomic mass is 9.47. The maximum Gasteiger partial charge on any atom is 0.191 e. The van der Waals surface area contributed by atoms with Crippen LogP contribution in [-0.2, 0) is 6.42 Å². The van der Waals surface area contributed by atoms with Crippen LogP contribution in [0.15, 0.2) is 47.5 Å². The van der Waals surface area contributed by atoms with Crippen molar-refractivity contribution in [3.63, 3.8) is 0 Å². The summed E-state index contributed by atoms with van der Waals surface area (Å²) in [6, 6.07) is 10.1. The number of aliphatic hydroxyl groups is 4. The molecule has 0 saturated heterocycles. The number of nitrogens with one attached hydrogen (secondary N) is 3. The highest BCUT2D eigenvalue weighted by atomic mass is 16.3. The number of benzene rings is 1. The average Bonchev–Trinajstić information content (AvgIpc) is 3.50. The molecule has 5 aliphatic rings. The zero-order valence-corrected chi connectivity index (χ0v) is 25.9. The van der Waals surface area contributed by atoms with E-state index >= 15 is 0 Å². The van der Waals surface area contributed by atoms with E-state index in [-0.39, 0.29) is 48.0 Å². The van der Waals surface area contributed by atoms with Gasteiger partial charge in [-0.05, 0) is 85.6 Å². The van der Waals surface area contributed by atoms with Crippen molar-refractivity contribution in [2.24, 2.45) is 40.0 Å². The molecule has 4 fully saturated rings. The summed E-state index contributed by atoms with van der Waals surface area (Å²) in [4.78, 5) is 7.98. The van der Waals surface area contributed by atoms with E-state index in [0.29, 0.717) is 38.2 Å². The standard InChI is InChI=1S/C36H48N4O4/c1-22(18-25-19-23-8-3-4-11-30(23)39-25)34-14-5-9-24(40-33(37-2)38-16-7-17-41)21-36(44)31(42)20-29-32(36)28(34)13-12-27-26(34)10-6-15-35(27,29)43/h3-4,8,11,19,24,26-29,31-32,39,41-44H,1,6-7,10,12-18,20-21H2,2H3,(H2,37,38,40). The first-order chi connectivity index (χ1) is 21.2. The average molecular weight is 601 g/mol. The van der Waals surface area contributed by atoms with Crippen LogP contribution in [-0.4, -0.2) is 74.9 Å². The van der Waals surface area contributed by atoms with E-state index in [1.165, 1.54) is 5.39 Å². The predicted molar refractivity (Wildman–Crippen MR) is 172 cm³/mol. The van der Waals surface area contributed by atoms with E-state index in [0.717, 1.165) is 48.9 Å². The number of aliphatic imine (C=N–C) groups is 1. The van der Waals surface area contributed by atoms with Crippen molar-refractivity contribution in [3.8, 4) is 11.8 Å². The number of aromatic nitrogens is 1. The number of rotatable bonds is 7. The molecule has 6 bridgehead atoms. The van der Waals surface area contributed by atoms with E-state index < -0.39 is 23.3 Å². The Hall–Kier alpha value is -2.83. The number of hydrogen-bond donors (Lipinski definition) is 7. The quantitative estimate of drug-likeness (QED) is 0.0858. The molecule has 4 saturated carbocycles. The summed E-state index contributed by atoms with van der Waals surface area (Å²) in [5.41, 5.74) is 0.674. The predicted octanol–water partition coefficient (Wildman–Crippen LogP) is 3.27. The molecule has 8 nitrogen and oxygen atoms in total. The first-order valence-electron chi connectivity index (χ1n) is 16.7. The number of allylic oxidation sites excluding steroid dienone is 1. The summed E-state index contributed by atoms with van der Waals surface area (Å²) >= 11 is 0. The van der Waals surface area contributed by atoms with Crippen molar-refractivity contribution in [3.05, 3.63) is 48.2 Å². The van der Waals surface area contributed by atoms with Gasteiger partial charge in [0, 0.05) is 56.1 Å². The summed E-state index contributed by atoms with van der Waals surface area (Å²) < 4.78 is 0. The second-order valence-electron chi connectivity index (χ2n) is 14.3. The third kappa shape index (κ3) is 4.46. The van der Waals surface area contributed by atoms with Gasteiger partial charge < -0.3 is 36.0 Å². The topological polar surface area (TPSA) is 133 Å². The van der Waals surface area contributed by atoms with Crippen LogP contribution < -0.4 is 10.6 Å². The van der Waals surface area contributed by atoms with Crippen LogP contribution in [0.3, 0.4) is 0 Å². The van der Waals surface area contributed by atoms with Gasteiger partial charge in [-0.2, -0.15) is 0 Å². The van der Waals surface area contributed by atoms with Crippen LogP contribution in [0.4, 0.5) is 0 Å². The third-order valence-electron chi connectivity index (χ3n) is 12.5. The van der Waals surface area contributed by atoms with E-state index in [9.17, 15) is 20.4 Å². The lowest BCUT2D eigenvalue weighted by Crippen LogP contribution is -2.56. The van der Waals surface area contributed by atoms with Crippen LogP contribution in [0.1, 0.15) is 63.5 Å². The van der Waals surface area contributed by atoms with Gasteiger partial charge in [0.15, 0.2) is 5.96 Å². The number of fused-ring (bicyclic) bond motifs is 2. The zero-order chi connectivity index (χ0) is 30.7. The number of H-pyrrole nitrogens is 1. The molecular weight excluding hydrogens is 552 g/mol. The van der Waals surface area contributed by atoms with Crippen LogP contribution in [0.2, 0.25) is 0 Å². The molecule has 8 heteroatoms. The molecule has 0 radical (unpaired) electrons. The Kier molecular flexibility index (Phi) is 7.60. The van der Waals surface area contributed by atoms with Crippen molar-refractivity contribution >= 4 is 16.9 Å². The molecule has 236 valence electrons. The Bertz CT molecular complexity index is 1480. The highest BCUT2D eigenvalue weighted by Crippen LogP contribution is 2.72. The molecule has 44 heavy (non-hydrogen) atoms. The number of hydrogen-bond acceptors (Lipinski definition) is 5. The molecular formula is C36H48N4O4. The van der Waals surface area contributed by atoms with E-state index in [1.54, 1.807) is 7.05 Å². The Morgan fingerprint density at radius 1 is 1.11 bits per heavy atom. The van der Waals surface area contributed by atoms with E-state index in [4.69, 9.17) is 6.58 Å². The van der Waals surface area contributed by atoms with Gasteiger partial charge in [-0.1, -0.05) is 42.7 Å². The largest absolute Gasteiger partial charge is 0.396 e. The second-order valence-corrected chi connectivity index (χ2v) is 14.3. The summed E-state index contributed by atoms with van der Waals surface area (Å²) in [5.74, 6) is 7.59. The third-order valence-corrected chi connectivity index (χ3v) is 12.5. The van der Waals surface area contributed by atoms with Gasteiger partial charge in [-0.3, -0.25) is 4.99 Å². The van der Waals surface area contributed by atoms with Crippen LogP contribution in [0.25, 0.3) is 10.9 Å². The highest BCUT2D eigenvalue weighted by Gasteiger charge is 2.73. The molecule has 5 aliphatic carbocycles. The Labute approximate surface area is 260 Å². The van der Waals surface area contributed by atoms with Gasteiger partial charge in [0.25, 0.3) is 0 Å². The molecule has 10 unspecified atom stereocenters. The van der Waals surface area contributed by atoms with Gasteiger partial charge in [0.05, 0.1) is 23.3 Å². The minimum absolute atomic E-state index is 0.0648. The number of aromatic amines is 1. The fourth-order valence-electron chi connectivity index (χ4n) is 10.8. The molecule has 0 spiro atoms. The summed E-state index contributed by atoms with van der Waals surface area (Å²) in [7, 11) is 1.70. The van der Waals surface area contributed by atoms with Gasteiger partial charge in [-0.25, -0.2) is 0 Å². The monoisotopic (exact) mass is 600 g/mol. The molecule has 10 atom stereocenters. The zero-order valence-electron chi connectivity index (χ0n) is 25.9. The Balaban J connectivity index is 1.33. The van der Waals surface area contributed by atoms with Crippen molar-refractivity contribution < 1.29 is 20.4 Å². The fourth-order valence-corrected chi connectivity index (χ4v) is 10.8. The maximum absolute atomic E-state index is 12.8. The SMILES string of the molecule is C=C(Cc1cc2ccccc2[nH]1)C12CC#CC(NC(=NC)NCCCO)CC3(O)C(O)CC4C3C1CCC1C2CCCC41O. The number of aliphatic hydroxyl groups excluding tert-OH is 2. The van der Waals surface area contributed by atoms with E-state index in [1.807, 2.05) is 6.07 Å². The van der Waals surface area contributed by atoms with Crippen molar-refractivity contribution in [1.82, 2.24) is 15.6 Å². The highest BCUT2D eigenvalue weighted by molar-refractivity contribution is 5.81. The van der Waals surface area contributed by atoms with Gasteiger partial charge in [0.1, 0.15) is 0 Å². The second kappa shape index (κ2) is 11.2. The molecule has 2 aromatic rings. The minimum atomic E-state index is -1.41. The molecule has 1 aromatic heterocycles. The van der Waals surface area contributed by atoms with Crippen molar-refractivity contribution in [2.45, 2.75) is 87.6 Å². The normalized spacial score (nSPS) is 40.8. The number of nitrogens with zero attached hydrogens (tertiary/aromatic N) is 1. The van der Waals surface area contributed by atoms with Gasteiger partial charge >= 0.3 is 0 Å². The Morgan fingerprint density at radius 2 is 1.93 bits per heavy atom. The molecule has 1 aromatic carbocycles. The summed E-state index contributed by atoms with van der Waals surface area (Å²) in [6.45, 7) is 5.49. The minimum Gasteiger partial charge on any atom is -0.396 e. The molecule has 1 heterocycles.